The maximum Gasteiger partial charge on any atom is 0.245 e. The van der Waals surface area contributed by atoms with Gasteiger partial charge in [-0.2, -0.15) is 0 Å². The largest absolute Gasteiger partial charge is 0.344 e. The molecular formula is C15H17BrN2O2. The Morgan fingerprint density at radius 1 is 1.20 bits per heavy atom. The molecule has 0 aromatic heterocycles. The van der Waals surface area contributed by atoms with Crippen molar-refractivity contribution in [2.24, 2.45) is 5.92 Å². The van der Waals surface area contributed by atoms with Gasteiger partial charge in [-0.25, -0.2) is 0 Å². The van der Waals surface area contributed by atoms with E-state index in [1.54, 1.807) is 0 Å². The number of rotatable bonds is 3. The highest BCUT2D eigenvalue weighted by Gasteiger charge is 2.40. The Labute approximate surface area is 126 Å². The first-order valence-electron chi connectivity index (χ1n) is 6.96. The van der Waals surface area contributed by atoms with E-state index in [0.717, 1.165) is 22.9 Å². The summed E-state index contributed by atoms with van der Waals surface area (Å²) in [6, 6.07) is 7.65. The predicted octanol–water partition coefficient (Wildman–Crippen LogP) is 2.08. The monoisotopic (exact) mass is 336 g/mol. The van der Waals surface area contributed by atoms with Crippen LogP contribution in [0.5, 0.6) is 0 Å². The number of hydrogen-bond donors (Lipinski definition) is 1. The second kappa shape index (κ2) is 5.56. The summed E-state index contributed by atoms with van der Waals surface area (Å²) in [4.78, 5) is 26.1. The topological polar surface area (TPSA) is 49.4 Å². The van der Waals surface area contributed by atoms with E-state index in [1.807, 2.05) is 29.2 Å². The third kappa shape index (κ3) is 3.03. The van der Waals surface area contributed by atoms with Crippen molar-refractivity contribution in [2.75, 3.05) is 6.54 Å². The number of benzene rings is 1. The molecule has 0 spiro atoms. The molecule has 0 bridgehead atoms. The lowest BCUT2D eigenvalue weighted by Crippen LogP contribution is -2.45. The Bertz CT molecular complexity index is 525. The molecule has 1 saturated carbocycles. The van der Waals surface area contributed by atoms with E-state index in [2.05, 4.69) is 21.2 Å². The van der Waals surface area contributed by atoms with Gasteiger partial charge in [0.2, 0.25) is 11.8 Å². The van der Waals surface area contributed by atoms with Crippen LogP contribution >= 0.6 is 15.9 Å². The molecule has 0 radical (unpaired) electrons. The lowest BCUT2D eigenvalue weighted by atomic mass is 10.1. The van der Waals surface area contributed by atoms with Crippen LogP contribution < -0.4 is 5.32 Å². The van der Waals surface area contributed by atoms with Gasteiger partial charge >= 0.3 is 0 Å². The van der Waals surface area contributed by atoms with Crippen LogP contribution in [0.1, 0.15) is 24.8 Å². The number of nitrogens with zero attached hydrogens (tertiary/aromatic N) is 1. The summed E-state index contributed by atoms with van der Waals surface area (Å²) in [6.07, 6.45) is 2.48. The smallest absolute Gasteiger partial charge is 0.245 e. The zero-order chi connectivity index (χ0) is 14.1. The van der Waals surface area contributed by atoms with Gasteiger partial charge in [-0.3, -0.25) is 9.59 Å². The molecule has 20 heavy (non-hydrogen) atoms. The minimum Gasteiger partial charge on any atom is -0.344 e. The van der Waals surface area contributed by atoms with E-state index in [4.69, 9.17) is 0 Å². The number of nitrogens with one attached hydrogen (secondary N) is 1. The van der Waals surface area contributed by atoms with Crippen molar-refractivity contribution < 1.29 is 9.59 Å². The highest BCUT2D eigenvalue weighted by atomic mass is 79.9. The zero-order valence-electron chi connectivity index (χ0n) is 11.1. The van der Waals surface area contributed by atoms with Crippen molar-refractivity contribution >= 4 is 27.7 Å². The third-order valence-corrected chi connectivity index (χ3v) is 4.41. The van der Waals surface area contributed by atoms with Crippen LogP contribution in [-0.2, 0) is 16.1 Å². The number of amides is 2. The van der Waals surface area contributed by atoms with Crippen LogP contribution in [0, 0.1) is 5.92 Å². The lowest BCUT2D eigenvalue weighted by Gasteiger charge is -2.24. The van der Waals surface area contributed by atoms with Gasteiger partial charge in [-0.15, -0.1) is 0 Å². The Hall–Kier alpha value is -1.36. The second-order valence-corrected chi connectivity index (χ2v) is 6.43. The Morgan fingerprint density at radius 3 is 2.55 bits per heavy atom. The predicted molar refractivity (Wildman–Crippen MR) is 78.8 cm³/mol. The van der Waals surface area contributed by atoms with E-state index in [9.17, 15) is 9.59 Å². The molecule has 1 aromatic carbocycles. The summed E-state index contributed by atoms with van der Waals surface area (Å²) in [5, 5.41) is 2.88. The molecule has 1 atom stereocenters. The fraction of sp³-hybridized carbons (Fsp3) is 0.467. The van der Waals surface area contributed by atoms with Crippen LogP contribution in [0.4, 0.5) is 0 Å². The van der Waals surface area contributed by atoms with Crippen molar-refractivity contribution in [1.82, 2.24) is 10.2 Å². The Kier molecular flexibility index (Phi) is 3.78. The maximum absolute atomic E-state index is 12.5. The van der Waals surface area contributed by atoms with Gasteiger partial charge in [0, 0.05) is 24.0 Å². The molecule has 1 aromatic rings. The summed E-state index contributed by atoms with van der Waals surface area (Å²) >= 11 is 3.40. The molecular weight excluding hydrogens is 320 g/mol. The SMILES string of the molecule is O=C1CCN(Cc2ccc(Br)cc2)C(=O)C(C2CC2)N1. The van der Waals surface area contributed by atoms with Gasteiger partial charge in [0.05, 0.1) is 0 Å². The summed E-state index contributed by atoms with van der Waals surface area (Å²) in [6.45, 7) is 1.08. The van der Waals surface area contributed by atoms with Gasteiger partial charge in [-0.1, -0.05) is 28.1 Å². The van der Waals surface area contributed by atoms with Crippen LogP contribution in [0.3, 0.4) is 0 Å². The molecule has 2 fully saturated rings. The maximum atomic E-state index is 12.5. The number of carbonyl (C=O) groups is 2. The van der Waals surface area contributed by atoms with Crippen molar-refractivity contribution in [3.05, 3.63) is 34.3 Å². The first-order chi connectivity index (χ1) is 9.63. The fourth-order valence-electron chi connectivity index (χ4n) is 2.57. The van der Waals surface area contributed by atoms with E-state index in [-0.39, 0.29) is 17.9 Å². The molecule has 106 valence electrons. The number of carbonyl (C=O) groups excluding carboxylic acids is 2. The van der Waals surface area contributed by atoms with Crippen LogP contribution in [-0.4, -0.2) is 29.3 Å². The molecule has 1 aliphatic heterocycles. The van der Waals surface area contributed by atoms with Crippen molar-refractivity contribution in [2.45, 2.75) is 31.8 Å². The quantitative estimate of drug-likeness (QED) is 0.918. The summed E-state index contributed by atoms with van der Waals surface area (Å²) in [5.41, 5.74) is 1.09. The van der Waals surface area contributed by atoms with Gasteiger partial charge in [-0.05, 0) is 36.5 Å². The van der Waals surface area contributed by atoms with Crippen molar-refractivity contribution in [1.29, 1.82) is 0 Å². The van der Waals surface area contributed by atoms with Crippen LogP contribution in [0.2, 0.25) is 0 Å². The molecule has 1 unspecified atom stereocenters. The third-order valence-electron chi connectivity index (χ3n) is 3.88. The first-order valence-corrected chi connectivity index (χ1v) is 7.75. The van der Waals surface area contributed by atoms with Gasteiger partial charge in [0.15, 0.2) is 0 Å². The highest BCUT2D eigenvalue weighted by Crippen LogP contribution is 2.34. The summed E-state index contributed by atoms with van der Waals surface area (Å²) in [7, 11) is 0. The van der Waals surface area contributed by atoms with Crippen LogP contribution in [0.15, 0.2) is 28.7 Å². The first kappa shape index (κ1) is 13.6. The molecule has 5 heteroatoms. The van der Waals surface area contributed by atoms with Crippen LogP contribution in [0.25, 0.3) is 0 Å². The Balaban J connectivity index is 1.75. The molecule has 2 amide bonds. The van der Waals surface area contributed by atoms with E-state index < -0.39 is 0 Å². The number of halogens is 1. The molecule has 1 saturated heterocycles. The molecule has 1 aliphatic carbocycles. The normalized spacial score (nSPS) is 23.4. The van der Waals surface area contributed by atoms with E-state index in [1.165, 1.54) is 0 Å². The highest BCUT2D eigenvalue weighted by molar-refractivity contribution is 9.10. The molecule has 1 heterocycles. The summed E-state index contributed by atoms with van der Waals surface area (Å²) < 4.78 is 1.02. The van der Waals surface area contributed by atoms with Crippen molar-refractivity contribution in [3.63, 3.8) is 0 Å². The van der Waals surface area contributed by atoms with Gasteiger partial charge in [0.1, 0.15) is 6.04 Å². The second-order valence-electron chi connectivity index (χ2n) is 5.52. The Morgan fingerprint density at radius 2 is 1.90 bits per heavy atom. The van der Waals surface area contributed by atoms with Crippen molar-refractivity contribution in [3.8, 4) is 0 Å². The average molecular weight is 337 g/mol. The molecule has 3 rings (SSSR count). The average Bonchev–Trinajstić information content (AvgIpc) is 3.26. The minimum absolute atomic E-state index is 0.00597. The zero-order valence-corrected chi connectivity index (χ0v) is 12.7. The molecule has 1 N–H and O–H groups in total. The summed E-state index contributed by atoms with van der Waals surface area (Å²) in [5.74, 6) is 0.409. The van der Waals surface area contributed by atoms with E-state index >= 15 is 0 Å². The number of hydrogen-bond acceptors (Lipinski definition) is 2. The van der Waals surface area contributed by atoms with Gasteiger partial charge < -0.3 is 10.2 Å². The fourth-order valence-corrected chi connectivity index (χ4v) is 2.83. The molecule has 4 nitrogen and oxygen atoms in total. The lowest BCUT2D eigenvalue weighted by molar-refractivity contribution is -0.134. The van der Waals surface area contributed by atoms with Gasteiger partial charge in [0.25, 0.3) is 0 Å². The standard InChI is InChI=1S/C15H17BrN2O2/c16-12-5-1-10(2-6-12)9-18-8-7-13(19)17-14(15(18)20)11-3-4-11/h1-2,5-6,11,14H,3-4,7-9H2,(H,17,19). The minimum atomic E-state index is -0.305. The van der Waals surface area contributed by atoms with E-state index in [0.29, 0.717) is 25.4 Å². The molecule has 2 aliphatic rings.